The molecule has 0 bridgehead atoms. The maximum atomic E-state index is 9.01. The second kappa shape index (κ2) is 3.23. The molecular formula is C9H10O3. The summed E-state index contributed by atoms with van der Waals surface area (Å²) in [6.07, 6.45) is -1.18. The molecule has 1 heterocycles. The summed E-state index contributed by atoms with van der Waals surface area (Å²) in [4.78, 5) is 0. The highest BCUT2D eigenvalue weighted by Crippen LogP contribution is 2.25. The van der Waals surface area contributed by atoms with Crippen molar-refractivity contribution in [2.75, 3.05) is 6.61 Å². The normalized spacial score (nSPS) is 29.1. The first-order valence-corrected chi connectivity index (χ1v) is 3.86. The van der Waals surface area contributed by atoms with E-state index in [1.165, 1.54) is 0 Å². The van der Waals surface area contributed by atoms with Crippen LogP contribution in [-0.4, -0.2) is 18.0 Å². The molecule has 0 saturated carbocycles. The van der Waals surface area contributed by atoms with Crippen LogP contribution in [0.1, 0.15) is 11.9 Å². The number of rotatable bonds is 1. The molecule has 64 valence electrons. The fraction of sp³-hybridized carbons (Fsp3) is 0.333. The van der Waals surface area contributed by atoms with Gasteiger partial charge in [-0.1, -0.05) is 30.3 Å². The molecule has 1 aliphatic rings. The van der Waals surface area contributed by atoms with Crippen molar-refractivity contribution in [1.29, 1.82) is 0 Å². The Bertz CT molecular complexity index is 247. The second-order valence-corrected chi connectivity index (χ2v) is 2.67. The fourth-order valence-electron chi connectivity index (χ4n) is 1.18. The van der Waals surface area contributed by atoms with Gasteiger partial charge in [0.25, 0.3) is 0 Å². The molecule has 2 rings (SSSR count). The van der Waals surface area contributed by atoms with Gasteiger partial charge in [-0.25, -0.2) is 0 Å². The Labute approximate surface area is 70.5 Å². The third-order valence-corrected chi connectivity index (χ3v) is 1.74. The summed E-state index contributed by atoms with van der Waals surface area (Å²) in [7, 11) is 0. The van der Waals surface area contributed by atoms with Gasteiger partial charge in [0.15, 0.2) is 12.6 Å². The van der Waals surface area contributed by atoms with Crippen molar-refractivity contribution in [1.82, 2.24) is 0 Å². The van der Waals surface area contributed by atoms with Crippen LogP contribution in [0.15, 0.2) is 30.3 Å². The lowest BCUT2D eigenvalue weighted by molar-refractivity contribution is -0.116. The summed E-state index contributed by atoms with van der Waals surface area (Å²) in [5, 5.41) is 9.01. The van der Waals surface area contributed by atoms with Crippen LogP contribution in [0.3, 0.4) is 0 Å². The zero-order valence-corrected chi connectivity index (χ0v) is 6.51. The summed E-state index contributed by atoms with van der Waals surface area (Å²) in [6.45, 7) is 0.250. The minimum absolute atomic E-state index is 0.250. The van der Waals surface area contributed by atoms with Crippen molar-refractivity contribution in [3.05, 3.63) is 35.9 Å². The molecule has 2 unspecified atom stereocenters. The van der Waals surface area contributed by atoms with Crippen molar-refractivity contribution in [3.8, 4) is 0 Å². The molecule has 3 heteroatoms. The number of hydrogen-bond donors (Lipinski definition) is 1. The average molecular weight is 166 g/mol. The van der Waals surface area contributed by atoms with Crippen LogP contribution in [0.5, 0.6) is 0 Å². The first-order chi connectivity index (χ1) is 5.86. The molecule has 1 N–H and O–H groups in total. The molecule has 2 atom stereocenters. The molecule has 1 fully saturated rings. The van der Waals surface area contributed by atoms with Crippen LogP contribution in [0.2, 0.25) is 0 Å². The fourth-order valence-corrected chi connectivity index (χ4v) is 1.18. The highest BCUT2D eigenvalue weighted by molar-refractivity contribution is 5.16. The van der Waals surface area contributed by atoms with Crippen molar-refractivity contribution in [3.63, 3.8) is 0 Å². The molecule has 0 aromatic heterocycles. The first-order valence-electron chi connectivity index (χ1n) is 3.86. The Morgan fingerprint density at radius 3 is 2.58 bits per heavy atom. The Hall–Kier alpha value is -0.900. The van der Waals surface area contributed by atoms with Gasteiger partial charge in [0.2, 0.25) is 0 Å². The van der Waals surface area contributed by atoms with E-state index in [0.29, 0.717) is 0 Å². The zero-order chi connectivity index (χ0) is 8.39. The Morgan fingerprint density at radius 1 is 1.25 bits per heavy atom. The molecule has 1 aromatic rings. The zero-order valence-electron chi connectivity index (χ0n) is 6.51. The number of aliphatic hydroxyl groups is 1. The van der Waals surface area contributed by atoms with E-state index in [-0.39, 0.29) is 6.61 Å². The van der Waals surface area contributed by atoms with Gasteiger partial charge >= 0.3 is 0 Å². The van der Waals surface area contributed by atoms with Crippen molar-refractivity contribution in [2.24, 2.45) is 0 Å². The number of ether oxygens (including phenoxy) is 2. The standard InChI is InChI=1S/C9H10O3/c10-8-6-11-9(12-8)7-4-2-1-3-5-7/h1-5,8-10H,6H2. The predicted molar refractivity (Wildman–Crippen MR) is 42.2 cm³/mol. The molecule has 1 aliphatic heterocycles. The van der Waals surface area contributed by atoms with E-state index >= 15 is 0 Å². The Kier molecular flexibility index (Phi) is 2.08. The predicted octanol–water partition coefficient (Wildman–Crippen LogP) is 1.05. The third-order valence-electron chi connectivity index (χ3n) is 1.74. The summed E-state index contributed by atoms with van der Waals surface area (Å²) in [6, 6.07) is 9.56. The van der Waals surface area contributed by atoms with Crippen molar-refractivity contribution >= 4 is 0 Å². The van der Waals surface area contributed by atoms with E-state index in [2.05, 4.69) is 0 Å². The smallest absolute Gasteiger partial charge is 0.187 e. The van der Waals surface area contributed by atoms with E-state index in [9.17, 15) is 0 Å². The lowest BCUT2D eigenvalue weighted by Gasteiger charge is -2.08. The molecule has 1 saturated heterocycles. The van der Waals surface area contributed by atoms with Gasteiger partial charge in [0.1, 0.15) is 6.61 Å². The summed E-state index contributed by atoms with van der Waals surface area (Å²) < 4.78 is 10.3. The van der Waals surface area contributed by atoms with E-state index in [1.54, 1.807) is 0 Å². The van der Waals surface area contributed by atoms with Crippen LogP contribution in [0.4, 0.5) is 0 Å². The van der Waals surface area contributed by atoms with Crippen LogP contribution >= 0.6 is 0 Å². The first kappa shape index (κ1) is 7.73. The quantitative estimate of drug-likeness (QED) is 0.677. The Morgan fingerprint density at radius 2 is 2.00 bits per heavy atom. The molecule has 12 heavy (non-hydrogen) atoms. The summed E-state index contributed by atoms with van der Waals surface area (Å²) in [5.41, 5.74) is 0.939. The van der Waals surface area contributed by atoms with Gasteiger partial charge < -0.3 is 14.6 Å². The molecule has 3 nitrogen and oxygen atoms in total. The number of hydrogen-bond acceptors (Lipinski definition) is 3. The molecule has 0 aliphatic carbocycles. The lowest BCUT2D eigenvalue weighted by atomic mass is 10.2. The maximum absolute atomic E-state index is 9.01. The highest BCUT2D eigenvalue weighted by Gasteiger charge is 2.24. The van der Waals surface area contributed by atoms with Crippen LogP contribution in [-0.2, 0) is 9.47 Å². The molecule has 0 spiro atoms. The van der Waals surface area contributed by atoms with Gasteiger partial charge in [-0.15, -0.1) is 0 Å². The van der Waals surface area contributed by atoms with Crippen molar-refractivity contribution in [2.45, 2.75) is 12.6 Å². The topological polar surface area (TPSA) is 38.7 Å². The third kappa shape index (κ3) is 1.48. The second-order valence-electron chi connectivity index (χ2n) is 2.67. The summed E-state index contributed by atoms with van der Waals surface area (Å²) >= 11 is 0. The van der Waals surface area contributed by atoms with Crippen molar-refractivity contribution < 1.29 is 14.6 Å². The van der Waals surface area contributed by atoms with Gasteiger partial charge in [0, 0.05) is 5.56 Å². The van der Waals surface area contributed by atoms with Gasteiger partial charge in [-0.3, -0.25) is 0 Å². The molecular weight excluding hydrogens is 156 g/mol. The van der Waals surface area contributed by atoms with E-state index in [0.717, 1.165) is 5.56 Å². The highest BCUT2D eigenvalue weighted by atomic mass is 16.8. The van der Waals surface area contributed by atoms with E-state index in [1.807, 2.05) is 30.3 Å². The molecule has 0 amide bonds. The van der Waals surface area contributed by atoms with Crippen LogP contribution in [0.25, 0.3) is 0 Å². The molecule has 0 radical (unpaired) electrons. The number of aliphatic hydroxyl groups excluding tert-OH is 1. The average Bonchev–Trinajstić information content (AvgIpc) is 2.54. The van der Waals surface area contributed by atoms with Gasteiger partial charge in [-0.05, 0) is 0 Å². The van der Waals surface area contributed by atoms with E-state index < -0.39 is 12.6 Å². The lowest BCUT2D eigenvalue weighted by Crippen LogP contribution is -2.06. The number of benzene rings is 1. The minimum atomic E-state index is -0.782. The minimum Gasteiger partial charge on any atom is -0.366 e. The monoisotopic (exact) mass is 166 g/mol. The van der Waals surface area contributed by atoms with Gasteiger partial charge in [0.05, 0.1) is 0 Å². The Balaban J connectivity index is 2.11. The molecule has 1 aromatic carbocycles. The largest absolute Gasteiger partial charge is 0.366 e. The maximum Gasteiger partial charge on any atom is 0.187 e. The van der Waals surface area contributed by atoms with Crippen LogP contribution in [0, 0.1) is 0 Å². The van der Waals surface area contributed by atoms with Crippen LogP contribution < -0.4 is 0 Å². The van der Waals surface area contributed by atoms with Gasteiger partial charge in [-0.2, -0.15) is 0 Å². The van der Waals surface area contributed by atoms with E-state index in [4.69, 9.17) is 14.6 Å². The summed E-state index contributed by atoms with van der Waals surface area (Å²) in [5.74, 6) is 0. The SMILES string of the molecule is OC1COC(c2ccccc2)O1.